The van der Waals surface area contributed by atoms with Gasteiger partial charge in [0.25, 0.3) is 5.91 Å². The molecule has 0 aliphatic rings. The van der Waals surface area contributed by atoms with Crippen molar-refractivity contribution in [1.29, 1.82) is 0 Å². The molecule has 6 heteroatoms. The molecule has 0 bridgehead atoms. The smallest absolute Gasteiger partial charge is 0.280 e. The number of carbonyl (C=O) groups excluding carboxylic acids is 1. The largest absolute Gasteiger partial charge is 0.480 e. The Morgan fingerprint density at radius 1 is 1.40 bits per heavy atom. The van der Waals surface area contributed by atoms with E-state index in [2.05, 4.69) is 26.5 Å². The lowest BCUT2D eigenvalue weighted by Gasteiger charge is -2.13. The summed E-state index contributed by atoms with van der Waals surface area (Å²) in [5.41, 5.74) is 2.39. The summed E-state index contributed by atoms with van der Waals surface area (Å²) in [6, 6.07) is 10.8. The molecular formula is C14H13BrN2O3. The molecule has 20 heavy (non-hydrogen) atoms. The number of rotatable bonds is 5. The fourth-order valence-corrected chi connectivity index (χ4v) is 1.78. The number of carbonyl (C=O) groups is 1. The zero-order chi connectivity index (χ0) is 14.4. The van der Waals surface area contributed by atoms with Gasteiger partial charge >= 0.3 is 0 Å². The maximum absolute atomic E-state index is 11.8. The molecule has 0 spiro atoms. The van der Waals surface area contributed by atoms with E-state index in [1.807, 2.05) is 18.2 Å². The molecule has 1 aromatic heterocycles. The lowest BCUT2D eigenvalue weighted by Crippen LogP contribution is -2.33. The van der Waals surface area contributed by atoms with Gasteiger partial charge in [-0.3, -0.25) is 4.79 Å². The summed E-state index contributed by atoms with van der Waals surface area (Å²) >= 11 is 3.35. The zero-order valence-electron chi connectivity index (χ0n) is 10.7. The molecule has 1 amide bonds. The van der Waals surface area contributed by atoms with Crippen LogP contribution in [0.4, 0.5) is 0 Å². The second-order valence-electron chi connectivity index (χ2n) is 3.94. The van der Waals surface area contributed by atoms with Crippen LogP contribution in [0.3, 0.4) is 0 Å². The van der Waals surface area contributed by atoms with Crippen molar-refractivity contribution in [2.45, 2.75) is 13.0 Å². The Bertz CT molecular complexity index is 596. The third-order valence-electron chi connectivity index (χ3n) is 2.42. The first-order valence-corrected chi connectivity index (χ1v) is 6.73. The van der Waals surface area contributed by atoms with Gasteiger partial charge in [-0.05, 0) is 47.1 Å². The number of hydrazone groups is 1. The minimum Gasteiger partial charge on any atom is -0.480 e. The zero-order valence-corrected chi connectivity index (χ0v) is 12.3. The number of nitrogens with one attached hydrogen (secondary N) is 1. The van der Waals surface area contributed by atoms with Gasteiger partial charge in [-0.15, -0.1) is 0 Å². The maximum atomic E-state index is 11.8. The molecule has 0 saturated heterocycles. The van der Waals surface area contributed by atoms with Gasteiger partial charge in [-0.1, -0.05) is 12.1 Å². The topological polar surface area (TPSA) is 63.8 Å². The van der Waals surface area contributed by atoms with E-state index in [1.165, 1.54) is 12.5 Å². The van der Waals surface area contributed by atoms with Crippen LogP contribution in [0.2, 0.25) is 0 Å². The molecule has 0 aliphatic heterocycles. The van der Waals surface area contributed by atoms with Gasteiger partial charge < -0.3 is 9.15 Å². The minimum atomic E-state index is -0.664. The summed E-state index contributed by atoms with van der Waals surface area (Å²) in [4.78, 5) is 11.8. The number of halogens is 1. The van der Waals surface area contributed by atoms with E-state index in [0.29, 0.717) is 11.5 Å². The van der Waals surface area contributed by atoms with Crippen LogP contribution in [0.1, 0.15) is 12.7 Å². The van der Waals surface area contributed by atoms with E-state index < -0.39 is 6.10 Å². The normalized spacial score (nSPS) is 12.3. The van der Waals surface area contributed by atoms with Gasteiger partial charge in [0.2, 0.25) is 0 Å². The van der Waals surface area contributed by atoms with Gasteiger partial charge in [0, 0.05) is 0 Å². The third kappa shape index (κ3) is 3.96. The quantitative estimate of drug-likeness (QED) is 0.674. The maximum Gasteiger partial charge on any atom is 0.280 e. The second-order valence-corrected chi connectivity index (χ2v) is 4.79. The predicted octanol–water partition coefficient (Wildman–Crippen LogP) is 2.96. The molecule has 0 fully saturated rings. The van der Waals surface area contributed by atoms with Crippen molar-refractivity contribution in [1.82, 2.24) is 5.43 Å². The van der Waals surface area contributed by atoms with Crippen molar-refractivity contribution in [3.8, 4) is 5.75 Å². The van der Waals surface area contributed by atoms with Crippen LogP contribution in [0.5, 0.6) is 5.75 Å². The molecule has 1 aromatic carbocycles. The Kier molecular flexibility index (Phi) is 4.95. The standard InChI is InChI=1S/C14H13BrN2O3/c1-10(20-13-7-3-2-6-12(13)15)14(18)17-16-9-11-5-4-8-19-11/h2-10H,1H3,(H,17,18)/b16-9-/t10-/m1/s1. The number of benzene rings is 1. The highest BCUT2D eigenvalue weighted by Gasteiger charge is 2.15. The highest BCUT2D eigenvalue weighted by atomic mass is 79.9. The van der Waals surface area contributed by atoms with Crippen LogP contribution < -0.4 is 10.2 Å². The van der Waals surface area contributed by atoms with Gasteiger partial charge in [-0.2, -0.15) is 5.10 Å². The molecule has 1 heterocycles. The lowest BCUT2D eigenvalue weighted by atomic mass is 10.3. The van der Waals surface area contributed by atoms with Gasteiger partial charge in [-0.25, -0.2) is 5.43 Å². The number of hydrogen-bond donors (Lipinski definition) is 1. The summed E-state index contributed by atoms with van der Waals surface area (Å²) < 4.78 is 11.4. The summed E-state index contributed by atoms with van der Waals surface area (Å²) in [6.07, 6.45) is 2.28. The summed E-state index contributed by atoms with van der Waals surface area (Å²) in [7, 11) is 0. The van der Waals surface area contributed by atoms with Crippen LogP contribution in [0.25, 0.3) is 0 Å². The van der Waals surface area contributed by atoms with Crippen molar-refractivity contribution in [3.05, 3.63) is 52.9 Å². The molecule has 0 unspecified atom stereocenters. The highest BCUT2D eigenvalue weighted by Crippen LogP contribution is 2.24. The first kappa shape index (κ1) is 14.3. The van der Waals surface area contributed by atoms with Crippen molar-refractivity contribution >= 4 is 28.1 Å². The van der Waals surface area contributed by atoms with E-state index in [0.717, 1.165) is 4.47 Å². The van der Waals surface area contributed by atoms with Gasteiger partial charge in [0.05, 0.1) is 17.0 Å². The van der Waals surface area contributed by atoms with E-state index in [9.17, 15) is 4.79 Å². The molecule has 5 nitrogen and oxygen atoms in total. The van der Waals surface area contributed by atoms with Crippen molar-refractivity contribution in [3.63, 3.8) is 0 Å². The first-order chi connectivity index (χ1) is 9.66. The third-order valence-corrected chi connectivity index (χ3v) is 3.07. The molecule has 1 atom stereocenters. The average Bonchev–Trinajstić information content (AvgIpc) is 2.94. The van der Waals surface area contributed by atoms with Crippen LogP contribution >= 0.6 is 15.9 Å². The average molecular weight is 337 g/mol. The van der Waals surface area contributed by atoms with Crippen molar-refractivity contribution < 1.29 is 13.9 Å². The van der Waals surface area contributed by atoms with Crippen LogP contribution in [-0.4, -0.2) is 18.2 Å². The first-order valence-electron chi connectivity index (χ1n) is 5.94. The van der Waals surface area contributed by atoms with E-state index in [4.69, 9.17) is 9.15 Å². The van der Waals surface area contributed by atoms with E-state index in [-0.39, 0.29) is 5.91 Å². The van der Waals surface area contributed by atoms with Crippen LogP contribution in [0, 0.1) is 0 Å². The number of amides is 1. The monoisotopic (exact) mass is 336 g/mol. The van der Waals surface area contributed by atoms with Crippen molar-refractivity contribution in [2.75, 3.05) is 0 Å². The van der Waals surface area contributed by atoms with Crippen LogP contribution in [0.15, 0.2) is 56.7 Å². The number of furan rings is 1. The molecular weight excluding hydrogens is 324 g/mol. The fraction of sp³-hybridized carbons (Fsp3) is 0.143. The Hall–Kier alpha value is -2.08. The van der Waals surface area contributed by atoms with Crippen molar-refractivity contribution in [2.24, 2.45) is 5.10 Å². The Morgan fingerprint density at radius 2 is 2.20 bits per heavy atom. The Labute approximate surface area is 124 Å². The fourth-order valence-electron chi connectivity index (χ4n) is 1.40. The second kappa shape index (κ2) is 6.91. The Balaban J connectivity index is 1.88. The number of nitrogens with zero attached hydrogens (tertiary/aromatic N) is 1. The summed E-state index contributed by atoms with van der Waals surface area (Å²) in [6.45, 7) is 1.65. The molecule has 2 aromatic rings. The number of hydrogen-bond acceptors (Lipinski definition) is 4. The van der Waals surface area contributed by atoms with E-state index >= 15 is 0 Å². The molecule has 104 valence electrons. The molecule has 0 radical (unpaired) electrons. The predicted molar refractivity (Wildman–Crippen MR) is 78.7 cm³/mol. The summed E-state index contributed by atoms with van der Waals surface area (Å²) in [5.74, 6) is 0.818. The molecule has 1 N–H and O–H groups in total. The van der Waals surface area contributed by atoms with Crippen LogP contribution in [-0.2, 0) is 4.79 Å². The lowest BCUT2D eigenvalue weighted by molar-refractivity contribution is -0.127. The molecule has 0 saturated carbocycles. The molecule has 0 aliphatic carbocycles. The van der Waals surface area contributed by atoms with Gasteiger partial charge in [0.15, 0.2) is 6.10 Å². The van der Waals surface area contributed by atoms with Gasteiger partial charge in [0.1, 0.15) is 11.5 Å². The highest BCUT2D eigenvalue weighted by molar-refractivity contribution is 9.10. The molecule has 2 rings (SSSR count). The number of ether oxygens (including phenoxy) is 1. The summed E-state index contributed by atoms with van der Waals surface area (Å²) in [5, 5.41) is 3.79. The number of para-hydroxylation sites is 1. The minimum absolute atomic E-state index is 0.344. The SMILES string of the molecule is C[C@@H](Oc1ccccc1Br)C(=O)N/N=C\c1ccco1. The van der Waals surface area contributed by atoms with E-state index in [1.54, 1.807) is 25.1 Å². The Morgan fingerprint density at radius 3 is 2.90 bits per heavy atom.